The summed E-state index contributed by atoms with van der Waals surface area (Å²) < 4.78 is 0. The van der Waals surface area contributed by atoms with Crippen molar-refractivity contribution in [3.8, 4) is 0 Å². The van der Waals surface area contributed by atoms with E-state index in [1.54, 1.807) is 18.2 Å². The van der Waals surface area contributed by atoms with Crippen LogP contribution in [-0.2, 0) is 0 Å². The van der Waals surface area contributed by atoms with Gasteiger partial charge < -0.3 is 16.0 Å². The molecular weight excluding hydrogens is 252 g/mol. The fourth-order valence-corrected chi connectivity index (χ4v) is 3.57. The van der Waals surface area contributed by atoms with E-state index in [1.165, 1.54) is 19.3 Å². The molecule has 2 bridgehead atoms. The summed E-state index contributed by atoms with van der Waals surface area (Å²) in [4.78, 5) is 18.8. The minimum atomic E-state index is -0.107. The number of carbonyl (C=O) groups excluding carboxylic acids is 1. The molecule has 2 saturated heterocycles. The van der Waals surface area contributed by atoms with Crippen molar-refractivity contribution >= 4 is 11.7 Å². The Balaban J connectivity index is 1.65. The van der Waals surface area contributed by atoms with Crippen molar-refractivity contribution in [1.29, 1.82) is 0 Å². The first-order valence-corrected chi connectivity index (χ1v) is 7.39. The van der Waals surface area contributed by atoms with Crippen molar-refractivity contribution in [2.75, 3.05) is 12.8 Å². The van der Waals surface area contributed by atoms with Gasteiger partial charge in [0.1, 0.15) is 11.5 Å². The lowest BCUT2D eigenvalue weighted by molar-refractivity contribution is 0.0462. The van der Waals surface area contributed by atoms with Crippen LogP contribution in [-0.4, -0.2) is 41.0 Å². The highest BCUT2D eigenvalue weighted by Gasteiger charge is 2.36. The predicted octanol–water partition coefficient (Wildman–Crippen LogP) is 1.41. The molecule has 0 saturated carbocycles. The Labute approximate surface area is 119 Å². The van der Waals surface area contributed by atoms with E-state index < -0.39 is 0 Å². The van der Waals surface area contributed by atoms with Gasteiger partial charge in [-0.25, -0.2) is 4.98 Å². The molecule has 0 radical (unpaired) electrons. The molecule has 2 atom stereocenters. The van der Waals surface area contributed by atoms with Crippen LogP contribution in [0.25, 0.3) is 0 Å². The zero-order valence-corrected chi connectivity index (χ0v) is 11.9. The average Bonchev–Trinajstić information content (AvgIpc) is 2.40. The van der Waals surface area contributed by atoms with Gasteiger partial charge >= 0.3 is 0 Å². The second-order valence-corrected chi connectivity index (χ2v) is 5.99. The minimum absolute atomic E-state index is 0.107. The molecule has 5 heteroatoms. The minimum Gasteiger partial charge on any atom is -0.384 e. The van der Waals surface area contributed by atoms with E-state index >= 15 is 0 Å². The van der Waals surface area contributed by atoms with Crippen LogP contribution in [0.5, 0.6) is 0 Å². The second kappa shape index (κ2) is 5.40. The summed E-state index contributed by atoms with van der Waals surface area (Å²) in [7, 11) is 2.21. The van der Waals surface area contributed by atoms with Gasteiger partial charge in [0, 0.05) is 18.1 Å². The van der Waals surface area contributed by atoms with Crippen molar-refractivity contribution < 1.29 is 4.79 Å². The zero-order valence-electron chi connectivity index (χ0n) is 11.9. The molecule has 3 rings (SSSR count). The lowest BCUT2D eigenvalue weighted by Gasteiger charge is -2.47. The Morgan fingerprint density at radius 3 is 2.70 bits per heavy atom. The number of nitrogens with two attached hydrogens (primary N) is 1. The fraction of sp³-hybridized carbons (Fsp3) is 0.600. The molecular formula is C15H22N4O. The van der Waals surface area contributed by atoms with Gasteiger partial charge in [0.2, 0.25) is 0 Å². The molecule has 2 unspecified atom stereocenters. The highest BCUT2D eigenvalue weighted by atomic mass is 16.1. The number of anilines is 1. The van der Waals surface area contributed by atoms with Gasteiger partial charge in [-0.1, -0.05) is 12.5 Å². The molecule has 108 valence electrons. The normalized spacial score (nSPS) is 29.9. The van der Waals surface area contributed by atoms with E-state index in [2.05, 4.69) is 22.2 Å². The van der Waals surface area contributed by atoms with E-state index in [0.717, 1.165) is 12.8 Å². The number of aromatic nitrogens is 1. The number of fused-ring (bicyclic) bond motifs is 2. The van der Waals surface area contributed by atoms with Gasteiger partial charge in [-0.3, -0.25) is 4.79 Å². The number of nitrogens with one attached hydrogen (secondary N) is 1. The van der Waals surface area contributed by atoms with E-state index in [0.29, 0.717) is 23.6 Å². The molecule has 0 aromatic carbocycles. The fourth-order valence-electron chi connectivity index (χ4n) is 3.57. The summed E-state index contributed by atoms with van der Waals surface area (Å²) >= 11 is 0. The van der Waals surface area contributed by atoms with Crippen LogP contribution in [0.2, 0.25) is 0 Å². The Hall–Kier alpha value is -1.62. The standard InChI is InChI=1S/C15H22N4O/c1-19-11-4-2-5-12(19)9-10(8-11)17-15(20)13-6-3-7-14(16)18-13/h3,6-7,10-12H,2,4-5,8-9H2,1H3,(H2,16,18)(H,17,20). The van der Waals surface area contributed by atoms with Gasteiger partial charge in [-0.05, 0) is 44.9 Å². The third-order valence-corrected chi connectivity index (χ3v) is 4.68. The molecule has 2 fully saturated rings. The zero-order chi connectivity index (χ0) is 14.1. The summed E-state index contributed by atoms with van der Waals surface area (Å²) in [5.74, 6) is 0.280. The van der Waals surface area contributed by atoms with Crippen LogP contribution in [0.1, 0.15) is 42.6 Å². The van der Waals surface area contributed by atoms with Crippen molar-refractivity contribution in [1.82, 2.24) is 15.2 Å². The number of nitrogens with zero attached hydrogens (tertiary/aromatic N) is 2. The summed E-state index contributed by atoms with van der Waals surface area (Å²) in [6.07, 6.45) is 5.89. The molecule has 0 spiro atoms. The number of nitrogen functional groups attached to an aromatic ring is 1. The molecule has 5 nitrogen and oxygen atoms in total. The molecule has 1 aromatic rings. The SMILES string of the molecule is CN1C2CCCC1CC(NC(=O)c1cccc(N)n1)C2. The maximum absolute atomic E-state index is 12.2. The van der Waals surface area contributed by atoms with E-state index in [-0.39, 0.29) is 11.9 Å². The molecule has 20 heavy (non-hydrogen) atoms. The Morgan fingerprint density at radius 1 is 1.35 bits per heavy atom. The summed E-state index contributed by atoms with van der Waals surface area (Å²) in [5.41, 5.74) is 6.04. The second-order valence-electron chi connectivity index (χ2n) is 5.99. The predicted molar refractivity (Wildman–Crippen MR) is 78.3 cm³/mol. The maximum atomic E-state index is 12.2. The van der Waals surface area contributed by atoms with Gasteiger partial charge in [0.05, 0.1) is 0 Å². The highest BCUT2D eigenvalue weighted by Crippen LogP contribution is 2.32. The van der Waals surface area contributed by atoms with Crippen LogP contribution >= 0.6 is 0 Å². The molecule has 2 aliphatic rings. The molecule has 1 aromatic heterocycles. The van der Waals surface area contributed by atoms with Crippen molar-refractivity contribution in [2.45, 2.75) is 50.2 Å². The number of amides is 1. The Morgan fingerprint density at radius 2 is 2.05 bits per heavy atom. The first kappa shape index (κ1) is 13.4. The third kappa shape index (κ3) is 2.63. The quantitative estimate of drug-likeness (QED) is 0.855. The van der Waals surface area contributed by atoms with Crippen molar-refractivity contribution in [3.05, 3.63) is 23.9 Å². The van der Waals surface area contributed by atoms with Gasteiger partial charge in [0.15, 0.2) is 0 Å². The van der Waals surface area contributed by atoms with Gasteiger partial charge in [-0.15, -0.1) is 0 Å². The topological polar surface area (TPSA) is 71.2 Å². The molecule has 3 N–H and O–H groups in total. The maximum Gasteiger partial charge on any atom is 0.270 e. The van der Waals surface area contributed by atoms with Crippen LogP contribution in [0, 0.1) is 0 Å². The molecule has 2 aliphatic heterocycles. The Bertz CT molecular complexity index is 490. The summed E-state index contributed by atoms with van der Waals surface area (Å²) in [6.45, 7) is 0. The number of carbonyl (C=O) groups is 1. The van der Waals surface area contributed by atoms with Gasteiger partial charge in [0.25, 0.3) is 5.91 Å². The first-order valence-electron chi connectivity index (χ1n) is 7.39. The molecule has 0 aliphatic carbocycles. The largest absolute Gasteiger partial charge is 0.384 e. The van der Waals surface area contributed by atoms with Crippen LogP contribution in [0.3, 0.4) is 0 Å². The van der Waals surface area contributed by atoms with Crippen LogP contribution in [0.4, 0.5) is 5.82 Å². The van der Waals surface area contributed by atoms with Crippen LogP contribution < -0.4 is 11.1 Å². The van der Waals surface area contributed by atoms with E-state index in [9.17, 15) is 4.79 Å². The lowest BCUT2D eigenvalue weighted by atomic mass is 9.82. The van der Waals surface area contributed by atoms with Crippen LogP contribution in [0.15, 0.2) is 18.2 Å². The van der Waals surface area contributed by atoms with Crippen molar-refractivity contribution in [3.63, 3.8) is 0 Å². The van der Waals surface area contributed by atoms with Crippen molar-refractivity contribution in [2.24, 2.45) is 0 Å². The van der Waals surface area contributed by atoms with Gasteiger partial charge in [-0.2, -0.15) is 0 Å². The third-order valence-electron chi connectivity index (χ3n) is 4.68. The summed E-state index contributed by atoms with van der Waals surface area (Å²) in [5, 5.41) is 3.13. The number of pyridine rings is 1. The number of rotatable bonds is 2. The highest BCUT2D eigenvalue weighted by molar-refractivity contribution is 5.92. The molecule has 1 amide bonds. The van der Waals surface area contributed by atoms with E-state index in [4.69, 9.17) is 5.73 Å². The van der Waals surface area contributed by atoms with E-state index in [1.807, 2.05) is 0 Å². The Kier molecular flexibility index (Phi) is 3.61. The number of hydrogen-bond donors (Lipinski definition) is 2. The summed E-state index contributed by atoms with van der Waals surface area (Å²) in [6, 6.07) is 6.65. The number of piperidine rings is 2. The average molecular weight is 274 g/mol. The number of hydrogen-bond acceptors (Lipinski definition) is 4. The smallest absolute Gasteiger partial charge is 0.270 e. The molecule has 3 heterocycles. The lowest BCUT2D eigenvalue weighted by Crippen LogP contribution is -2.55. The first-order chi connectivity index (χ1) is 9.63. The monoisotopic (exact) mass is 274 g/mol.